The number of amidine groups is 2. The Morgan fingerprint density at radius 2 is 1.89 bits per heavy atom. The zero-order valence-electron chi connectivity index (χ0n) is 19.9. The number of rotatable bonds is 4. The van der Waals surface area contributed by atoms with Crippen LogP contribution in [0.5, 0.6) is 0 Å². The van der Waals surface area contributed by atoms with Crippen molar-refractivity contribution in [3.05, 3.63) is 58.4 Å². The van der Waals surface area contributed by atoms with Gasteiger partial charge in [-0.2, -0.15) is 15.1 Å². The molecule has 3 aliphatic rings. The van der Waals surface area contributed by atoms with E-state index in [9.17, 15) is 9.59 Å². The van der Waals surface area contributed by atoms with Crippen molar-refractivity contribution in [3.63, 3.8) is 0 Å². The number of hydrazone groups is 1. The van der Waals surface area contributed by atoms with Crippen LogP contribution in [0.3, 0.4) is 0 Å². The second-order valence-electron chi connectivity index (χ2n) is 8.68. The molecule has 0 saturated carbocycles. The topological polar surface area (TPSA) is 103 Å². The molecule has 3 aliphatic heterocycles. The number of aryl methyl sites for hydroxylation is 2. The van der Waals surface area contributed by atoms with Gasteiger partial charge in [-0.3, -0.25) is 15.0 Å². The highest BCUT2D eigenvalue weighted by Crippen LogP contribution is 2.31. The third-order valence-corrected chi connectivity index (χ3v) is 7.13. The molecule has 0 spiro atoms. The fourth-order valence-corrected chi connectivity index (χ4v) is 5.21. The monoisotopic (exact) mass is 490 g/mol. The average Bonchev–Trinajstić information content (AvgIpc) is 3.37. The number of morpholine rings is 1. The van der Waals surface area contributed by atoms with Crippen LogP contribution in [0.2, 0.25) is 0 Å². The van der Waals surface area contributed by atoms with Gasteiger partial charge in [-0.15, -0.1) is 0 Å². The van der Waals surface area contributed by atoms with Crippen LogP contribution in [0.15, 0.2) is 46.0 Å². The standard InChI is InChI=1S/C25H26N6O3S/c1-15-4-6-19(7-5-15)30-16(2)12-18(17(30)3)13-20-23(26)31-25(27-24(20)33)35-21(28-31)14-22(32)29-8-10-34-11-9-29/h4-7,12-13,26H,8-11,14H2,1-3H3. The SMILES string of the molecule is Cc1ccc(-n2c(C)cc(C=C3C(=N)N4N=C(CC(=O)N5CCOCC5)SC4=NC3=O)c2C)cc1. The minimum atomic E-state index is -0.482. The van der Waals surface area contributed by atoms with Gasteiger partial charge in [0.05, 0.1) is 25.2 Å². The molecule has 0 atom stereocenters. The smallest absolute Gasteiger partial charge is 0.283 e. The van der Waals surface area contributed by atoms with E-state index in [2.05, 4.69) is 38.9 Å². The third-order valence-electron chi connectivity index (χ3n) is 6.22. The molecule has 2 aromatic rings. The van der Waals surface area contributed by atoms with E-state index in [-0.39, 0.29) is 23.7 Å². The van der Waals surface area contributed by atoms with Crippen LogP contribution < -0.4 is 0 Å². The van der Waals surface area contributed by atoms with Crippen LogP contribution in [0, 0.1) is 26.2 Å². The molecule has 0 radical (unpaired) electrons. The fraction of sp³-hybridized carbons (Fsp3) is 0.320. The van der Waals surface area contributed by atoms with Gasteiger partial charge < -0.3 is 14.2 Å². The van der Waals surface area contributed by atoms with E-state index in [0.717, 1.165) is 22.6 Å². The first kappa shape index (κ1) is 23.3. The Morgan fingerprint density at radius 1 is 1.17 bits per heavy atom. The number of thioether (sulfide) groups is 1. The summed E-state index contributed by atoms with van der Waals surface area (Å²) in [5.41, 5.74) is 5.22. The van der Waals surface area contributed by atoms with Crippen molar-refractivity contribution in [1.82, 2.24) is 14.5 Å². The average molecular weight is 491 g/mol. The summed E-state index contributed by atoms with van der Waals surface area (Å²) in [7, 11) is 0. The number of ether oxygens (including phenoxy) is 1. The number of carbonyl (C=O) groups is 2. The molecule has 1 fully saturated rings. The highest BCUT2D eigenvalue weighted by Gasteiger charge is 2.36. The van der Waals surface area contributed by atoms with Crippen LogP contribution in [-0.4, -0.2) is 68.6 Å². The van der Waals surface area contributed by atoms with Crippen LogP contribution in [0.25, 0.3) is 11.8 Å². The summed E-state index contributed by atoms with van der Waals surface area (Å²) in [5, 5.41) is 15.3. The van der Waals surface area contributed by atoms with Gasteiger partial charge in [0.2, 0.25) is 11.1 Å². The summed E-state index contributed by atoms with van der Waals surface area (Å²) >= 11 is 1.17. The first-order chi connectivity index (χ1) is 16.8. The number of aliphatic imine (C=N–C) groups is 1. The minimum absolute atomic E-state index is 0.0403. The van der Waals surface area contributed by atoms with Gasteiger partial charge in [-0.1, -0.05) is 17.7 Å². The number of nitrogens with one attached hydrogen (secondary N) is 1. The summed E-state index contributed by atoms with van der Waals surface area (Å²) in [6.07, 6.45) is 1.81. The summed E-state index contributed by atoms with van der Waals surface area (Å²) in [4.78, 5) is 31.4. The molecular formula is C25H26N6O3S. The number of fused-ring (bicyclic) bond motifs is 1. The number of benzene rings is 1. The molecule has 1 N–H and O–H groups in total. The Balaban J connectivity index is 1.39. The zero-order chi connectivity index (χ0) is 24.7. The Hall–Kier alpha value is -3.50. The molecule has 180 valence electrons. The molecule has 35 heavy (non-hydrogen) atoms. The number of hydrogen-bond donors (Lipinski definition) is 1. The molecule has 0 aliphatic carbocycles. The van der Waals surface area contributed by atoms with Gasteiger partial charge in [-0.05, 0) is 62.4 Å². The Bertz CT molecular complexity index is 1320. The second kappa shape index (κ2) is 9.27. The van der Waals surface area contributed by atoms with Gasteiger partial charge in [0.15, 0.2) is 5.84 Å². The van der Waals surface area contributed by atoms with E-state index >= 15 is 0 Å². The van der Waals surface area contributed by atoms with Crippen molar-refractivity contribution in [1.29, 1.82) is 5.41 Å². The predicted octanol–water partition coefficient (Wildman–Crippen LogP) is 3.27. The maximum Gasteiger partial charge on any atom is 0.283 e. The van der Waals surface area contributed by atoms with Crippen molar-refractivity contribution in [2.45, 2.75) is 27.2 Å². The summed E-state index contributed by atoms with van der Waals surface area (Å²) in [5.74, 6) is -0.566. The predicted molar refractivity (Wildman–Crippen MR) is 137 cm³/mol. The van der Waals surface area contributed by atoms with Gasteiger partial charge in [0, 0.05) is 30.2 Å². The molecule has 5 rings (SSSR count). The first-order valence-electron chi connectivity index (χ1n) is 11.4. The zero-order valence-corrected chi connectivity index (χ0v) is 20.7. The lowest BCUT2D eigenvalue weighted by molar-refractivity contribution is -0.133. The Labute approximate surface area is 207 Å². The van der Waals surface area contributed by atoms with Gasteiger partial charge in [0.1, 0.15) is 5.04 Å². The Kier molecular flexibility index (Phi) is 6.16. The maximum atomic E-state index is 12.9. The maximum absolute atomic E-state index is 12.9. The van der Waals surface area contributed by atoms with E-state index in [0.29, 0.717) is 36.5 Å². The van der Waals surface area contributed by atoms with Gasteiger partial charge >= 0.3 is 0 Å². The molecule has 1 aromatic carbocycles. The van der Waals surface area contributed by atoms with Crippen molar-refractivity contribution in [2.75, 3.05) is 26.3 Å². The second-order valence-corrected chi connectivity index (χ2v) is 9.72. The lowest BCUT2D eigenvalue weighted by Gasteiger charge is -2.26. The number of aromatic nitrogens is 1. The molecule has 4 heterocycles. The van der Waals surface area contributed by atoms with Crippen LogP contribution >= 0.6 is 11.8 Å². The van der Waals surface area contributed by atoms with Gasteiger partial charge in [0.25, 0.3) is 5.91 Å². The van der Waals surface area contributed by atoms with E-state index in [1.807, 2.05) is 26.8 Å². The third kappa shape index (κ3) is 4.46. The summed E-state index contributed by atoms with van der Waals surface area (Å²) in [6.45, 7) is 8.23. The van der Waals surface area contributed by atoms with E-state index < -0.39 is 5.91 Å². The van der Waals surface area contributed by atoms with Crippen molar-refractivity contribution in [3.8, 4) is 5.69 Å². The Morgan fingerprint density at radius 3 is 2.60 bits per heavy atom. The van der Waals surface area contributed by atoms with Crippen molar-refractivity contribution in [2.24, 2.45) is 10.1 Å². The van der Waals surface area contributed by atoms with Crippen molar-refractivity contribution >= 4 is 45.7 Å². The van der Waals surface area contributed by atoms with Crippen molar-refractivity contribution < 1.29 is 14.3 Å². The summed E-state index contributed by atoms with van der Waals surface area (Å²) in [6, 6.07) is 10.2. The highest BCUT2D eigenvalue weighted by atomic mass is 32.2. The van der Waals surface area contributed by atoms with E-state index in [4.69, 9.17) is 10.1 Å². The largest absolute Gasteiger partial charge is 0.378 e. The highest BCUT2D eigenvalue weighted by molar-refractivity contribution is 8.27. The van der Waals surface area contributed by atoms with Gasteiger partial charge in [-0.25, -0.2) is 0 Å². The quantitative estimate of drug-likeness (QED) is 0.663. The lowest BCUT2D eigenvalue weighted by Crippen LogP contribution is -2.41. The molecule has 0 bridgehead atoms. The molecule has 1 saturated heterocycles. The molecule has 10 heteroatoms. The number of nitrogens with zero attached hydrogens (tertiary/aromatic N) is 5. The minimum Gasteiger partial charge on any atom is -0.378 e. The molecule has 9 nitrogen and oxygen atoms in total. The number of hydrogen-bond acceptors (Lipinski definition) is 6. The molecule has 0 unspecified atom stereocenters. The fourth-order valence-electron chi connectivity index (χ4n) is 4.34. The molecule has 2 amide bonds. The van der Waals surface area contributed by atoms with Crippen LogP contribution in [-0.2, 0) is 14.3 Å². The lowest BCUT2D eigenvalue weighted by atomic mass is 10.1. The normalized spacial score (nSPS) is 19.2. The number of amides is 2. The number of carbonyl (C=O) groups excluding carboxylic acids is 2. The van der Waals surface area contributed by atoms with Crippen LogP contribution in [0.4, 0.5) is 0 Å². The van der Waals surface area contributed by atoms with Crippen LogP contribution in [0.1, 0.15) is 28.9 Å². The molecule has 1 aromatic heterocycles. The molecular weight excluding hydrogens is 464 g/mol. The van der Waals surface area contributed by atoms with E-state index in [1.54, 1.807) is 11.0 Å². The summed E-state index contributed by atoms with van der Waals surface area (Å²) < 4.78 is 7.42. The van der Waals surface area contributed by atoms with E-state index in [1.165, 1.54) is 22.3 Å². The first-order valence-corrected chi connectivity index (χ1v) is 12.2.